The highest BCUT2D eigenvalue weighted by Gasteiger charge is 2.20. The van der Waals surface area contributed by atoms with E-state index in [1.165, 1.54) is 12.3 Å². The molecule has 8 heteroatoms. The Morgan fingerprint density at radius 1 is 1.35 bits per heavy atom. The molecule has 0 spiro atoms. The molecule has 1 saturated heterocycles. The summed E-state index contributed by atoms with van der Waals surface area (Å²) < 4.78 is 11.2. The fraction of sp³-hybridized carbons (Fsp3) is 0.417. The minimum atomic E-state index is -1.20. The van der Waals surface area contributed by atoms with E-state index < -0.39 is 22.8 Å². The molecule has 1 fully saturated rings. The number of carboxylic acids is 1. The highest BCUT2D eigenvalue weighted by molar-refractivity contribution is 7.85. The molecule has 2 heterocycles. The summed E-state index contributed by atoms with van der Waals surface area (Å²) in [5, 5.41) is 14.2. The first-order valence-corrected chi connectivity index (χ1v) is 7.66. The Hall–Kier alpha value is -1.96. The fourth-order valence-electron chi connectivity index (χ4n) is 1.96. The van der Waals surface area contributed by atoms with E-state index in [1.54, 1.807) is 6.07 Å². The molecule has 0 radical (unpaired) electrons. The van der Waals surface area contributed by atoms with Gasteiger partial charge in [0.05, 0.1) is 5.69 Å². The number of aromatic nitrogens is 1. The molecule has 0 saturated carbocycles. The zero-order valence-electron chi connectivity index (χ0n) is 10.7. The number of pyridine rings is 1. The first kappa shape index (κ1) is 14.4. The van der Waals surface area contributed by atoms with Crippen LogP contribution < -0.4 is 10.6 Å². The summed E-state index contributed by atoms with van der Waals surface area (Å²) in [5.41, 5.74) is -0.0516. The standard InChI is InChI=1S/C12H15N3O4S/c16-11(17)10-9(2-1-5-13-10)15-12(18)14-8-3-6-20(19)7-4-8/h1-2,5,8H,3-4,6-7H2,(H,16,17)(H2,14,15,18). The van der Waals surface area contributed by atoms with E-state index in [0.29, 0.717) is 24.3 Å². The van der Waals surface area contributed by atoms with Crippen LogP contribution in [0.1, 0.15) is 23.3 Å². The van der Waals surface area contributed by atoms with Crippen molar-refractivity contribution in [3.63, 3.8) is 0 Å². The number of anilines is 1. The average molecular weight is 297 g/mol. The molecule has 0 unspecified atom stereocenters. The molecule has 0 aromatic carbocycles. The second-order valence-electron chi connectivity index (χ2n) is 4.43. The van der Waals surface area contributed by atoms with Crippen molar-refractivity contribution in [2.45, 2.75) is 18.9 Å². The molecule has 0 aliphatic carbocycles. The Kier molecular flexibility index (Phi) is 4.67. The Balaban J connectivity index is 1.95. The molecule has 20 heavy (non-hydrogen) atoms. The number of amides is 2. The number of hydrogen-bond acceptors (Lipinski definition) is 4. The van der Waals surface area contributed by atoms with Crippen molar-refractivity contribution in [3.8, 4) is 0 Å². The van der Waals surface area contributed by atoms with Crippen molar-refractivity contribution in [3.05, 3.63) is 24.0 Å². The quantitative estimate of drug-likeness (QED) is 0.765. The lowest BCUT2D eigenvalue weighted by Gasteiger charge is -2.22. The molecule has 2 rings (SSSR count). The normalized spacial score (nSPS) is 22.0. The van der Waals surface area contributed by atoms with Crippen LogP contribution in [0.25, 0.3) is 0 Å². The number of carboxylic acid groups (broad SMARTS) is 1. The molecule has 7 nitrogen and oxygen atoms in total. The van der Waals surface area contributed by atoms with Crippen LogP contribution in [0.4, 0.5) is 10.5 Å². The second kappa shape index (κ2) is 6.47. The lowest BCUT2D eigenvalue weighted by Crippen LogP contribution is -2.42. The number of rotatable bonds is 3. The van der Waals surface area contributed by atoms with Crippen LogP contribution in [0.5, 0.6) is 0 Å². The summed E-state index contributed by atoms with van der Waals surface area (Å²) in [4.78, 5) is 26.5. The van der Waals surface area contributed by atoms with Crippen LogP contribution in [0, 0.1) is 0 Å². The van der Waals surface area contributed by atoms with E-state index in [9.17, 15) is 13.8 Å². The fourth-order valence-corrected chi connectivity index (χ4v) is 3.26. The lowest BCUT2D eigenvalue weighted by atomic mass is 10.2. The maximum atomic E-state index is 11.8. The number of nitrogens with one attached hydrogen (secondary N) is 2. The van der Waals surface area contributed by atoms with Gasteiger partial charge in [-0.3, -0.25) is 4.21 Å². The predicted octanol–water partition coefficient (Wildman–Crippen LogP) is 0.812. The maximum Gasteiger partial charge on any atom is 0.356 e. The zero-order valence-corrected chi connectivity index (χ0v) is 11.5. The van der Waals surface area contributed by atoms with E-state index in [0.717, 1.165) is 0 Å². The summed E-state index contributed by atoms with van der Waals surface area (Å²) in [5.74, 6) is -0.0369. The second-order valence-corrected chi connectivity index (χ2v) is 6.12. The number of carbonyl (C=O) groups is 2. The van der Waals surface area contributed by atoms with Crippen LogP contribution in [0.15, 0.2) is 18.3 Å². The van der Waals surface area contributed by atoms with E-state index in [4.69, 9.17) is 5.11 Å². The summed E-state index contributed by atoms with van der Waals surface area (Å²) in [6.45, 7) is 0. The number of hydrogen-bond donors (Lipinski definition) is 3. The number of carbonyl (C=O) groups excluding carboxylic acids is 1. The molecule has 108 valence electrons. The minimum absolute atomic E-state index is 0.0300. The topological polar surface area (TPSA) is 108 Å². The molecule has 1 aliphatic heterocycles. The van der Waals surface area contributed by atoms with Crippen LogP contribution in [0.2, 0.25) is 0 Å². The first-order valence-electron chi connectivity index (χ1n) is 6.17. The van der Waals surface area contributed by atoms with Gasteiger partial charge in [0.15, 0.2) is 5.69 Å². The Morgan fingerprint density at radius 2 is 2.05 bits per heavy atom. The highest BCUT2D eigenvalue weighted by atomic mass is 32.2. The van der Waals surface area contributed by atoms with Gasteiger partial charge in [-0.05, 0) is 25.0 Å². The van der Waals surface area contributed by atoms with Gasteiger partial charge in [0.1, 0.15) is 0 Å². The van der Waals surface area contributed by atoms with Crippen molar-refractivity contribution in [1.82, 2.24) is 10.3 Å². The van der Waals surface area contributed by atoms with Gasteiger partial charge in [0, 0.05) is 34.5 Å². The number of urea groups is 1. The predicted molar refractivity (Wildman–Crippen MR) is 74.2 cm³/mol. The van der Waals surface area contributed by atoms with Crippen LogP contribution in [-0.2, 0) is 10.8 Å². The van der Waals surface area contributed by atoms with E-state index in [2.05, 4.69) is 15.6 Å². The van der Waals surface area contributed by atoms with Gasteiger partial charge in [-0.1, -0.05) is 0 Å². The van der Waals surface area contributed by atoms with Gasteiger partial charge >= 0.3 is 12.0 Å². The molecule has 1 aliphatic rings. The zero-order chi connectivity index (χ0) is 14.5. The van der Waals surface area contributed by atoms with Gasteiger partial charge in [-0.25, -0.2) is 14.6 Å². The monoisotopic (exact) mass is 297 g/mol. The summed E-state index contributed by atoms with van der Waals surface area (Å²) in [7, 11) is -0.783. The number of nitrogens with zero attached hydrogens (tertiary/aromatic N) is 1. The van der Waals surface area contributed by atoms with Crippen molar-refractivity contribution >= 4 is 28.5 Å². The van der Waals surface area contributed by atoms with Gasteiger partial charge in [0.2, 0.25) is 0 Å². The van der Waals surface area contributed by atoms with E-state index in [1.807, 2.05) is 0 Å². The van der Waals surface area contributed by atoms with Gasteiger partial charge < -0.3 is 15.7 Å². The van der Waals surface area contributed by atoms with Gasteiger partial charge in [-0.2, -0.15) is 0 Å². The largest absolute Gasteiger partial charge is 0.476 e. The Bertz CT molecular complexity index is 539. The van der Waals surface area contributed by atoms with Crippen LogP contribution >= 0.6 is 0 Å². The van der Waals surface area contributed by atoms with E-state index >= 15 is 0 Å². The summed E-state index contributed by atoms with van der Waals surface area (Å²) >= 11 is 0. The van der Waals surface area contributed by atoms with Gasteiger partial charge in [0.25, 0.3) is 0 Å². The molecule has 0 bridgehead atoms. The third-order valence-electron chi connectivity index (χ3n) is 2.98. The van der Waals surface area contributed by atoms with Crippen LogP contribution in [-0.4, -0.2) is 43.8 Å². The highest BCUT2D eigenvalue weighted by Crippen LogP contribution is 2.13. The molecule has 3 N–H and O–H groups in total. The Labute approximate surface area is 118 Å². The molecule has 1 aromatic rings. The molecular formula is C12H15N3O4S. The summed E-state index contributed by atoms with van der Waals surface area (Å²) in [6.07, 6.45) is 2.68. The third-order valence-corrected chi connectivity index (χ3v) is 4.36. The number of aromatic carboxylic acids is 1. The maximum absolute atomic E-state index is 11.8. The SMILES string of the molecule is O=C(Nc1cccnc1C(=O)O)NC1CCS(=O)CC1. The van der Waals surface area contributed by atoms with Crippen molar-refractivity contribution in [2.24, 2.45) is 0 Å². The van der Waals surface area contributed by atoms with Crippen LogP contribution in [0.3, 0.4) is 0 Å². The smallest absolute Gasteiger partial charge is 0.356 e. The first-order chi connectivity index (χ1) is 9.56. The van der Waals surface area contributed by atoms with Gasteiger partial charge in [-0.15, -0.1) is 0 Å². The summed E-state index contributed by atoms with van der Waals surface area (Å²) in [6, 6.07) is 2.52. The molecule has 2 amide bonds. The lowest BCUT2D eigenvalue weighted by molar-refractivity contribution is 0.0691. The molecule has 0 atom stereocenters. The minimum Gasteiger partial charge on any atom is -0.476 e. The van der Waals surface area contributed by atoms with Crippen molar-refractivity contribution < 1.29 is 18.9 Å². The molecular weight excluding hydrogens is 282 g/mol. The Morgan fingerprint density at radius 3 is 2.70 bits per heavy atom. The van der Waals surface area contributed by atoms with E-state index in [-0.39, 0.29) is 17.4 Å². The van der Waals surface area contributed by atoms with Crippen molar-refractivity contribution in [1.29, 1.82) is 0 Å². The van der Waals surface area contributed by atoms with Crippen molar-refractivity contribution in [2.75, 3.05) is 16.8 Å². The molecule has 1 aromatic heterocycles. The average Bonchev–Trinajstić information content (AvgIpc) is 2.41. The third kappa shape index (κ3) is 3.77.